The largest absolute Gasteiger partial charge is 0.486 e. The van der Waals surface area contributed by atoms with Gasteiger partial charge in [0.15, 0.2) is 10.9 Å². The Hall–Kier alpha value is -2.15. The Kier molecular flexibility index (Phi) is 7.57. The lowest BCUT2D eigenvalue weighted by atomic mass is 10.1. The van der Waals surface area contributed by atoms with Crippen LogP contribution in [0, 0.1) is 6.92 Å². The summed E-state index contributed by atoms with van der Waals surface area (Å²) in [5.74, 6) is 0.103. The average molecular weight is 538 g/mol. The van der Waals surface area contributed by atoms with Gasteiger partial charge in [0.05, 0.1) is 30.7 Å². The number of nitrogens with zero attached hydrogens (tertiary/aromatic N) is 1. The first-order chi connectivity index (χ1) is 15.8. The molecule has 1 N–H and O–H groups in total. The van der Waals surface area contributed by atoms with Crippen molar-refractivity contribution < 1.29 is 9.53 Å². The van der Waals surface area contributed by atoms with Crippen LogP contribution in [0.5, 0.6) is 5.75 Å². The van der Waals surface area contributed by atoms with Crippen LogP contribution in [-0.2, 0) is 11.4 Å². The van der Waals surface area contributed by atoms with E-state index >= 15 is 0 Å². The van der Waals surface area contributed by atoms with Crippen molar-refractivity contribution in [3.63, 3.8) is 0 Å². The van der Waals surface area contributed by atoms with Crippen LogP contribution in [0.1, 0.15) is 16.7 Å². The highest BCUT2D eigenvalue weighted by Gasteiger charge is 2.24. The summed E-state index contributed by atoms with van der Waals surface area (Å²) in [5.41, 5.74) is 3.30. The number of thioether (sulfide) groups is 1. The number of ether oxygens (including phenoxy) is 1. The van der Waals surface area contributed by atoms with E-state index in [-0.39, 0.29) is 5.91 Å². The number of carbonyl (C=O) groups is 1. The van der Waals surface area contributed by atoms with Gasteiger partial charge in [-0.1, -0.05) is 82.3 Å². The summed E-state index contributed by atoms with van der Waals surface area (Å²) >= 11 is 26.2. The first kappa shape index (κ1) is 24.0. The number of halogens is 4. The summed E-state index contributed by atoms with van der Waals surface area (Å²) < 4.78 is 5.83. The van der Waals surface area contributed by atoms with Crippen LogP contribution in [0.4, 0.5) is 5.69 Å². The Morgan fingerprint density at radius 2 is 1.70 bits per heavy atom. The molecule has 0 atom stereocenters. The molecule has 1 heterocycles. The third-order valence-corrected chi connectivity index (χ3v) is 6.91. The third kappa shape index (κ3) is 5.86. The summed E-state index contributed by atoms with van der Waals surface area (Å²) in [5, 5.41) is 4.52. The van der Waals surface area contributed by atoms with Crippen LogP contribution in [0.2, 0.25) is 20.1 Å². The molecule has 1 amide bonds. The van der Waals surface area contributed by atoms with Gasteiger partial charge in [-0.15, -0.1) is 0 Å². The minimum absolute atomic E-state index is 0.288. The highest BCUT2D eigenvalue weighted by molar-refractivity contribution is 8.18. The van der Waals surface area contributed by atoms with Crippen LogP contribution >= 0.6 is 58.2 Å². The lowest BCUT2D eigenvalue weighted by Gasteiger charge is -2.11. The first-order valence-electron chi connectivity index (χ1n) is 9.71. The molecule has 33 heavy (non-hydrogen) atoms. The monoisotopic (exact) mass is 536 g/mol. The third-order valence-electron chi connectivity index (χ3n) is 4.63. The van der Waals surface area contributed by atoms with Gasteiger partial charge in [0.25, 0.3) is 5.91 Å². The van der Waals surface area contributed by atoms with Crippen molar-refractivity contribution >= 4 is 81.0 Å². The maximum Gasteiger partial charge on any atom is 0.264 e. The van der Waals surface area contributed by atoms with Crippen LogP contribution < -0.4 is 10.1 Å². The van der Waals surface area contributed by atoms with Crippen molar-refractivity contribution in [3.05, 3.63) is 96.3 Å². The van der Waals surface area contributed by atoms with Gasteiger partial charge in [-0.25, -0.2) is 4.99 Å². The number of amidine groups is 1. The van der Waals surface area contributed by atoms with Crippen LogP contribution in [0.15, 0.2) is 64.5 Å². The fourth-order valence-corrected chi connectivity index (χ4v) is 4.75. The fraction of sp³-hybridized carbons (Fsp3) is 0.0833. The van der Waals surface area contributed by atoms with Gasteiger partial charge in [-0.05, 0) is 60.2 Å². The minimum atomic E-state index is -0.288. The van der Waals surface area contributed by atoms with Gasteiger partial charge in [-0.2, -0.15) is 0 Å². The summed E-state index contributed by atoms with van der Waals surface area (Å²) in [6.45, 7) is 2.36. The molecule has 4 rings (SSSR count). The SMILES string of the molecule is Cc1ccc(COc2c(Cl)cc(/C=C3/SC(=Nc4cccc(Cl)c4Cl)NC3=O)cc2Cl)cc1. The van der Waals surface area contributed by atoms with Crippen molar-refractivity contribution in [2.45, 2.75) is 13.5 Å². The highest BCUT2D eigenvalue weighted by Crippen LogP contribution is 2.37. The maximum atomic E-state index is 12.4. The van der Waals surface area contributed by atoms with Gasteiger partial charge in [0.1, 0.15) is 6.61 Å². The normalized spacial score (nSPS) is 15.8. The first-order valence-corrected chi connectivity index (χ1v) is 12.0. The summed E-state index contributed by atoms with van der Waals surface area (Å²) in [7, 11) is 0. The molecular weight excluding hydrogens is 522 g/mol. The van der Waals surface area contributed by atoms with Crippen molar-refractivity contribution in [3.8, 4) is 5.75 Å². The zero-order chi connectivity index (χ0) is 23.5. The molecule has 3 aromatic carbocycles. The number of amides is 1. The van der Waals surface area contributed by atoms with Crippen molar-refractivity contribution in [2.75, 3.05) is 0 Å². The van der Waals surface area contributed by atoms with Crippen molar-refractivity contribution in [1.29, 1.82) is 0 Å². The van der Waals surface area contributed by atoms with Crippen LogP contribution in [0.3, 0.4) is 0 Å². The topological polar surface area (TPSA) is 50.7 Å². The second-order valence-corrected chi connectivity index (χ2v) is 9.77. The second kappa shape index (κ2) is 10.4. The molecule has 1 aliphatic rings. The molecule has 1 fully saturated rings. The quantitative estimate of drug-likeness (QED) is 0.334. The van der Waals surface area contributed by atoms with E-state index in [1.807, 2.05) is 31.2 Å². The maximum absolute atomic E-state index is 12.4. The van der Waals surface area contributed by atoms with E-state index < -0.39 is 0 Å². The smallest absolute Gasteiger partial charge is 0.264 e. The number of aliphatic imine (C=N–C) groups is 1. The summed E-state index contributed by atoms with van der Waals surface area (Å²) in [4.78, 5) is 17.2. The predicted molar refractivity (Wildman–Crippen MR) is 139 cm³/mol. The molecule has 0 unspecified atom stereocenters. The summed E-state index contributed by atoms with van der Waals surface area (Å²) in [6.07, 6.45) is 1.68. The molecule has 0 saturated carbocycles. The second-order valence-electron chi connectivity index (χ2n) is 7.14. The van der Waals surface area contributed by atoms with E-state index in [0.29, 0.717) is 53.8 Å². The lowest BCUT2D eigenvalue weighted by Crippen LogP contribution is -2.19. The van der Waals surface area contributed by atoms with E-state index in [2.05, 4.69) is 10.3 Å². The number of carbonyl (C=O) groups excluding carboxylic acids is 1. The molecule has 0 aromatic heterocycles. The molecule has 0 radical (unpaired) electrons. The zero-order valence-electron chi connectivity index (χ0n) is 17.2. The number of nitrogens with one attached hydrogen (secondary N) is 1. The molecule has 3 aromatic rings. The minimum Gasteiger partial charge on any atom is -0.486 e. The Labute approximate surface area is 215 Å². The van der Waals surface area contributed by atoms with Crippen molar-refractivity contribution in [1.82, 2.24) is 5.32 Å². The Bertz CT molecular complexity index is 1270. The van der Waals surface area contributed by atoms with Crippen molar-refractivity contribution in [2.24, 2.45) is 4.99 Å². The Balaban J connectivity index is 1.51. The van der Waals surface area contributed by atoms with Crippen LogP contribution in [-0.4, -0.2) is 11.1 Å². The number of benzene rings is 3. The van der Waals surface area contributed by atoms with E-state index in [4.69, 9.17) is 51.1 Å². The number of aryl methyl sites for hydroxylation is 1. The van der Waals surface area contributed by atoms with E-state index in [1.165, 1.54) is 17.3 Å². The average Bonchev–Trinajstić information content (AvgIpc) is 3.10. The molecule has 0 aliphatic carbocycles. The van der Waals surface area contributed by atoms with Gasteiger partial charge in [0, 0.05) is 0 Å². The van der Waals surface area contributed by atoms with E-state index in [0.717, 1.165) is 5.56 Å². The molecule has 1 saturated heterocycles. The molecule has 0 spiro atoms. The van der Waals surface area contributed by atoms with Gasteiger partial charge in [0.2, 0.25) is 0 Å². The molecule has 1 aliphatic heterocycles. The van der Waals surface area contributed by atoms with E-state index in [1.54, 1.807) is 36.4 Å². The standard InChI is InChI=1S/C24H16Cl4N2O2S/c1-13-5-7-14(8-6-13)12-32-22-17(26)9-15(10-18(22)27)11-20-23(31)30-24(33-20)29-19-4-2-3-16(25)21(19)28/h2-11H,12H2,1H3,(H,29,30,31)/b20-11+. The molecule has 9 heteroatoms. The predicted octanol–water partition coefficient (Wildman–Crippen LogP) is 8.08. The summed E-state index contributed by atoms with van der Waals surface area (Å²) in [6, 6.07) is 16.5. The van der Waals surface area contributed by atoms with Gasteiger partial charge < -0.3 is 10.1 Å². The van der Waals surface area contributed by atoms with E-state index in [9.17, 15) is 4.79 Å². The molecular formula is C24H16Cl4N2O2S. The lowest BCUT2D eigenvalue weighted by molar-refractivity contribution is -0.115. The van der Waals surface area contributed by atoms with Gasteiger partial charge in [-0.3, -0.25) is 4.79 Å². The number of rotatable bonds is 5. The Morgan fingerprint density at radius 1 is 1.00 bits per heavy atom. The fourth-order valence-electron chi connectivity index (χ4n) is 2.96. The zero-order valence-corrected chi connectivity index (χ0v) is 21.0. The Morgan fingerprint density at radius 3 is 2.39 bits per heavy atom. The highest BCUT2D eigenvalue weighted by atomic mass is 35.5. The van der Waals surface area contributed by atoms with Gasteiger partial charge >= 0.3 is 0 Å². The molecule has 4 nitrogen and oxygen atoms in total. The molecule has 0 bridgehead atoms. The van der Waals surface area contributed by atoms with Crippen LogP contribution in [0.25, 0.3) is 6.08 Å². The number of hydrogen-bond acceptors (Lipinski definition) is 4. The molecule has 168 valence electrons. The number of hydrogen-bond donors (Lipinski definition) is 1.